The van der Waals surface area contributed by atoms with Crippen LogP contribution in [0.15, 0.2) is 36.4 Å². The molecule has 0 unspecified atom stereocenters. The normalized spacial score (nSPS) is 20.9. The van der Waals surface area contributed by atoms with E-state index in [1.54, 1.807) is 0 Å². The largest absolute Gasteiger partial charge is 0.447 e. The fourth-order valence-corrected chi connectivity index (χ4v) is 1.30. The first-order valence-corrected chi connectivity index (χ1v) is 4.51. The van der Waals surface area contributed by atoms with Crippen LogP contribution in [0.5, 0.6) is 0 Å². The van der Waals surface area contributed by atoms with E-state index in [9.17, 15) is 4.79 Å². The summed E-state index contributed by atoms with van der Waals surface area (Å²) in [5.74, 6) is 0. The Morgan fingerprint density at radius 2 is 2.14 bits per heavy atom. The van der Waals surface area contributed by atoms with E-state index in [2.05, 4.69) is 5.32 Å². The molecule has 0 radical (unpaired) electrons. The minimum Gasteiger partial charge on any atom is -0.447 e. The Morgan fingerprint density at radius 1 is 1.36 bits per heavy atom. The van der Waals surface area contributed by atoms with Crippen LogP contribution < -0.4 is 5.32 Å². The molecule has 14 heavy (non-hydrogen) atoms. The molecular weight excluding hydrogens is 178 g/mol. The Balaban J connectivity index is 1.97. The molecule has 1 aromatic rings. The van der Waals surface area contributed by atoms with Gasteiger partial charge in [-0.25, -0.2) is 4.79 Å². The summed E-state index contributed by atoms with van der Waals surface area (Å²) in [6.45, 7) is 0.419. The van der Waals surface area contributed by atoms with Crippen molar-refractivity contribution >= 4 is 12.2 Å². The molecule has 0 aliphatic carbocycles. The van der Waals surface area contributed by atoms with Crippen LogP contribution in [-0.4, -0.2) is 18.7 Å². The molecule has 1 N–H and O–H groups in total. The summed E-state index contributed by atoms with van der Waals surface area (Å²) in [5.41, 5.74) is 1.12. The van der Waals surface area contributed by atoms with Gasteiger partial charge in [-0.15, -0.1) is 0 Å². The van der Waals surface area contributed by atoms with Gasteiger partial charge in [0.25, 0.3) is 0 Å². The van der Waals surface area contributed by atoms with Crippen molar-refractivity contribution in [2.45, 2.75) is 6.04 Å². The zero-order valence-electron chi connectivity index (χ0n) is 7.64. The van der Waals surface area contributed by atoms with E-state index in [1.807, 2.05) is 42.5 Å². The van der Waals surface area contributed by atoms with Gasteiger partial charge in [0.2, 0.25) is 0 Å². The van der Waals surface area contributed by atoms with E-state index < -0.39 is 0 Å². The topological polar surface area (TPSA) is 38.3 Å². The molecular formula is C11H11NO2. The van der Waals surface area contributed by atoms with Crippen LogP contribution in [0.1, 0.15) is 5.56 Å². The van der Waals surface area contributed by atoms with Gasteiger partial charge in [0.15, 0.2) is 0 Å². The standard InChI is InChI=1S/C11H11NO2/c13-11-12-10(8-14-11)7-6-9-4-2-1-3-5-9/h1-7,10H,8H2,(H,12,13)/b7-6+/t10-/m0/s1. The van der Waals surface area contributed by atoms with Crippen LogP contribution in [-0.2, 0) is 4.74 Å². The molecule has 0 aromatic heterocycles. The molecule has 3 nitrogen and oxygen atoms in total. The summed E-state index contributed by atoms with van der Waals surface area (Å²) in [4.78, 5) is 10.7. The van der Waals surface area contributed by atoms with Gasteiger partial charge in [-0.05, 0) is 5.56 Å². The first-order valence-electron chi connectivity index (χ1n) is 4.51. The van der Waals surface area contributed by atoms with Crippen molar-refractivity contribution in [1.29, 1.82) is 0 Å². The molecule has 1 aromatic carbocycles. The van der Waals surface area contributed by atoms with Gasteiger partial charge in [-0.3, -0.25) is 0 Å². The summed E-state index contributed by atoms with van der Waals surface area (Å²) in [6, 6.07) is 9.94. The van der Waals surface area contributed by atoms with Gasteiger partial charge in [0.1, 0.15) is 6.61 Å². The average Bonchev–Trinajstić information content (AvgIpc) is 2.63. The smallest absolute Gasteiger partial charge is 0.407 e. The van der Waals surface area contributed by atoms with Gasteiger partial charge in [-0.2, -0.15) is 0 Å². The lowest BCUT2D eigenvalue weighted by Crippen LogP contribution is -2.23. The number of nitrogens with one attached hydrogen (secondary N) is 1. The van der Waals surface area contributed by atoms with E-state index in [-0.39, 0.29) is 12.1 Å². The van der Waals surface area contributed by atoms with Crippen molar-refractivity contribution in [1.82, 2.24) is 5.32 Å². The Hall–Kier alpha value is -1.77. The average molecular weight is 189 g/mol. The molecule has 2 rings (SSSR count). The lowest BCUT2D eigenvalue weighted by Gasteiger charge is -1.98. The number of amides is 1. The molecule has 0 bridgehead atoms. The molecule has 72 valence electrons. The van der Waals surface area contributed by atoms with Crippen molar-refractivity contribution in [3.8, 4) is 0 Å². The highest BCUT2D eigenvalue weighted by atomic mass is 16.6. The number of benzene rings is 1. The molecule has 3 heteroatoms. The summed E-state index contributed by atoms with van der Waals surface area (Å²) < 4.78 is 4.75. The van der Waals surface area contributed by atoms with Gasteiger partial charge < -0.3 is 10.1 Å². The van der Waals surface area contributed by atoms with Crippen LogP contribution in [0, 0.1) is 0 Å². The summed E-state index contributed by atoms with van der Waals surface area (Å²) in [7, 11) is 0. The van der Waals surface area contributed by atoms with Crippen molar-refractivity contribution in [2.24, 2.45) is 0 Å². The molecule has 1 fully saturated rings. The molecule has 1 saturated heterocycles. The van der Waals surface area contributed by atoms with Crippen LogP contribution >= 0.6 is 0 Å². The lowest BCUT2D eigenvalue weighted by atomic mass is 10.2. The molecule has 1 aliphatic heterocycles. The maximum absolute atomic E-state index is 10.7. The summed E-state index contributed by atoms with van der Waals surface area (Å²) >= 11 is 0. The number of rotatable bonds is 2. The second kappa shape index (κ2) is 3.96. The number of carbonyl (C=O) groups excluding carboxylic acids is 1. The fourth-order valence-electron chi connectivity index (χ4n) is 1.30. The third-order valence-electron chi connectivity index (χ3n) is 2.02. The Labute approximate surface area is 82.4 Å². The monoisotopic (exact) mass is 189 g/mol. The van der Waals surface area contributed by atoms with Crippen molar-refractivity contribution in [2.75, 3.05) is 6.61 Å². The zero-order chi connectivity index (χ0) is 9.80. The van der Waals surface area contributed by atoms with Crippen LogP contribution in [0.2, 0.25) is 0 Å². The Bertz CT molecular complexity index is 346. The van der Waals surface area contributed by atoms with Crippen molar-refractivity contribution in [3.05, 3.63) is 42.0 Å². The molecule has 0 spiro atoms. The van der Waals surface area contributed by atoms with Gasteiger partial charge in [0, 0.05) is 0 Å². The number of ether oxygens (including phenoxy) is 1. The molecule has 0 saturated carbocycles. The quantitative estimate of drug-likeness (QED) is 0.770. The van der Waals surface area contributed by atoms with Crippen LogP contribution in [0.3, 0.4) is 0 Å². The van der Waals surface area contributed by atoms with E-state index in [0.717, 1.165) is 5.56 Å². The highest BCUT2D eigenvalue weighted by molar-refractivity contribution is 5.70. The number of alkyl carbamates (subject to hydrolysis) is 1. The number of carbonyl (C=O) groups is 1. The van der Waals surface area contributed by atoms with Gasteiger partial charge >= 0.3 is 6.09 Å². The highest BCUT2D eigenvalue weighted by Crippen LogP contribution is 2.04. The maximum Gasteiger partial charge on any atom is 0.407 e. The minimum atomic E-state index is -0.340. The number of cyclic esters (lactones) is 1. The maximum atomic E-state index is 10.7. The first kappa shape index (κ1) is 8.81. The molecule has 1 amide bonds. The first-order chi connectivity index (χ1) is 6.84. The molecule has 1 atom stereocenters. The predicted octanol–water partition coefficient (Wildman–Crippen LogP) is 1.81. The highest BCUT2D eigenvalue weighted by Gasteiger charge is 2.18. The van der Waals surface area contributed by atoms with E-state index in [1.165, 1.54) is 0 Å². The van der Waals surface area contributed by atoms with E-state index in [4.69, 9.17) is 4.74 Å². The van der Waals surface area contributed by atoms with Crippen molar-refractivity contribution < 1.29 is 9.53 Å². The Morgan fingerprint density at radius 3 is 2.79 bits per heavy atom. The van der Waals surface area contributed by atoms with E-state index in [0.29, 0.717) is 6.61 Å². The third kappa shape index (κ3) is 2.13. The molecule has 1 aliphatic rings. The van der Waals surface area contributed by atoms with Crippen LogP contribution in [0.4, 0.5) is 4.79 Å². The van der Waals surface area contributed by atoms with Gasteiger partial charge in [-0.1, -0.05) is 42.5 Å². The number of hydrogen-bond donors (Lipinski definition) is 1. The summed E-state index contributed by atoms with van der Waals surface area (Å²) in [6.07, 6.45) is 3.56. The molecule has 1 heterocycles. The lowest BCUT2D eigenvalue weighted by molar-refractivity contribution is 0.177. The van der Waals surface area contributed by atoms with Crippen LogP contribution in [0.25, 0.3) is 6.08 Å². The zero-order valence-corrected chi connectivity index (χ0v) is 7.64. The van der Waals surface area contributed by atoms with E-state index >= 15 is 0 Å². The predicted molar refractivity (Wildman–Crippen MR) is 53.7 cm³/mol. The summed E-state index contributed by atoms with van der Waals surface area (Å²) in [5, 5.41) is 2.68. The minimum absolute atomic E-state index is 0.00251. The third-order valence-corrected chi connectivity index (χ3v) is 2.02. The van der Waals surface area contributed by atoms with Gasteiger partial charge in [0.05, 0.1) is 6.04 Å². The fraction of sp³-hybridized carbons (Fsp3) is 0.182. The Kier molecular flexibility index (Phi) is 2.49. The second-order valence-corrected chi connectivity index (χ2v) is 3.12. The van der Waals surface area contributed by atoms with Crippen molar-refractivity contribution in [3.63, 3.8) is 0 Å². The second-order valence-electron chi connectivity index (χ2n) is 3.12. The SMILES string of the molecule is O=C1N[C@@H](/C=C/c2ccccc2)CO1. The number of hydrogen-bond acceptors (Lipinski definition) is 2.